The van der Waals surface area contributed by atoms with E-state index in [-0.39, 0.29) is 21.8 Å². The van der Waals surface area contributed by atoms with Gasteiger partial charge in [-0.2, -0.15) is 5.26 Å². The predicted octanol–water partition coefficient (Wildman–Crippen LogP) is 5.57. The third-order valence-electron chi connectivity index (χ3n) is 5.23. The van der Waals surface area contributed by atoms with Crippen molar-refractivity contribution in [3.05, 3.63) is 69.6 Å². The molecule has 2 aromatic carbocycles. The molecular weight excluding hydrogens is 377 g/mol. The second-order valence-corrected chi connectivity index (χ2v) is 8.45. The van der Waals surface area contributed by atoms with E-state index in [2.05, 4.69) is 16.7 Å². The van der Waals surface area contributed by atoms with Crippen molar-refractivity contribution in [2.45, 2.75) is 32.7 Å². The van der Waals surface area contributed by atoms with Gasteiger partial charge in [0, 0.05) is 28.3 Å². The van der Waals surface area contributed by atoms with Gasteiger partial charge in [-0.1, -0.05) is 31.5 Å². The molecule has 2 N–H and O–H groups in total. The van der Waals surface area contributed by atoms with Gasteiger partial charge in [0.05, 0.1) is 29.0 Å². The zero-order valence-corrected chi connectivity index (χ0v) is 16.3. The van der Waals surface area contributed by atoms with Gasteiger partial charge in [-0.15, -0.1) is 0 Å². The topological polar surface area (TPSA) is 64.9 Å². The Morgan fingerprint density at radius 3 is 2.71 bits per heavy atom. The summed E-state index contributed by atoms with van der Waals surface area (Å²) in [5, 5.41) is 16.1. The average Bonchev–Trinajstić information content (AvgIpc) is 2.76. The summed E-state index contributed by atoms with van der Waals surface area (Å²) in [6.07, 6.45) is 1.02. The molecule has 1 atom stereocenters. The lowest BCUT2D eigenvalue weighted by Crippen LogP contribution is -2.31. The molecule has 0 amide bonds. The molecule has 0 saturated carbocycles. The van der Waals surface area contributed by atoms with Gasteiger partial charge in [0.2, 0.25) is 0 Å². The molecular formula is C22H19ClFN3O. The van der Waals surface area contributed by atoms with Crippen LogP contribution in [0.25, 0.3) is 0 Å². The summed E-state index contributed by atoms with van der Waals surface area (Å²) in [5.74, 6) is -0.516. The van der Waals surface area contributed by atoms with E-state index in [4.69, 9.17) is 11.6 Å². The molecule has 142 valence electrons. The molecule has 6 heteroatoms. The van der Waals surface area contributed by atoms with E-state index in [0.717, 1.165) is 11.4 Å². The minimum atomic E-state index is -0.741. The Balaban J connectivity index is 1.95. The highest BCUT2D eigenvalue weighted by Crippen LogP contribution is 2.47. The summed E-state index contributed by atoms with van der Waals surface area (Å²) >= 11 is 6.35. The number of hydrogen-bond acceptors (Lipinski definition) is 4. The number of halogens is 2. The molecule has 0 bridgehead atoms. The Morgan fingerprint density at radius 2 is 2.00 bits per heavy atom. The van der Waals surface area contributed by atoms with Crippen LogP contribution in [-0.4, -0.2) is 5.78 Å². The highest BCUT2D eigenvalue weighted by Gasteiger charge is 2.40. The van der Waals surface area contributed by atoms with Gasteiger partial charge >= 0.3 is 0 Å². The van der Waals surface area contributed by atoms with Crippen LogP contribution >= 0.6 is 11.6 Å². The molecule has 2 aliphatic rings. The summed E-state index contributed by atoms with van der Waals surface area (Å²) in [6.45, 7) is 4.08. The maximum absolute atomic E-state index is 14.8. The molecule has 1 unspecified atom stereocenters. The lowest BCUT2D eigenvalue weighted by Gasteiger charge is -2.34. The molecule has 0 fully saturated rings. The van der Waals surface area contributed by atoms with Crippen molar-refractivity contribution < 1.29 is 9.18 Å². The van der Waals surface area contributed by atoms with Gasteiger partial charge in [0.25, 0.3) is 0 Å². The Hall–Kier alpha value is -2.84. The van der Waals surface area contributed by atoms with Crippen molar-refractivity contribution in [2.75, 3.05) is 10.6 Å². The largest absolute Gasteiger partial charge is 0.372 e. The highest BCUT2D eigenvalue weighted by atomic mass is 35.5. The Morgan fingerprint density at radius 1 is 1.21 bits per heavy atom. The van der Waals surface area contributed by atoms with E-state index < -0.39 is 11.9 Å². The van der Waals surface area contributed by atoms with E-state index in [9.17, 15) is 14.4 Å². The Kier molecular flexibility index (Phi) is 4.40. The number of nitrogens with one attached hydrogen (secondary N) is 2. The number of anilines is 2. The van der Waals surface area contributed by atoms with Gasteiger partial charge < -0.3 is 10.6 Å². The van der Waals surface area contributed by atoms with Gasteiger partial charge in [0.15, 0.2) is 5.78 Å². The third kappa shape index (κ3) is 3.14. The van der Waals surface area contributed by atoms with Crippen molar-refractivity contribution in [3.63, 3.8) is 0 Å². The van der Waals surface area contributed by atoms with E-state index in [1.807, 2.05) is 13.8 Å². The fourth-order valence-electron chi connectivity index (χ4n) is 4.02. The van der Waals surface area contributed by atoms with E-state index in [1.54, 1.807) is 30.3 Å². The van der Waals surface area contributed by atoms with Crippen LogP contribution in [0.15, 0.2) is 47.7 Å². The smallest absolute Gasteiger partial charge is 0.163 e. The summed E-state index contributed by atoms with van der Waals surface area (Å²) < 4.78 is 14.8. The number of allylic oxidation sites excluding steroid dienone is 1. The first kappa shape index (κ1) is 18.5. The van der Waals surface area contributed by atoms with Gasteiger partial charge in [-0.25, -0.2) is 4.39 Å². The van der Waals surface area contributed by atoms with Gasteiger partial charge in [-0.3, -0.25) is 4.79 Å². The van der Waals surface area contributed by atoms with Crippen LogP contribution in [0, 0.1) is 22.6 Å². The van der Waals surface area contributed by atoms with Crippen molar-refractivity contribution in [3.8, 4) is 6.07 Å². The van der Waals surface area contributed by atoms with Crippen LogP contribution in [0.1, 0.15) is 43.9 Å². The predicted molar refractivity (Wildman–Crippen MR) is 108 cm³/mol. The molecule has 2 aromatic rings. The van der Waals surface area contributed by atoms with Crippen molar-refractivity contribution in [1.29, 1.82) is 5.26 Å². The number of carbonyl (C=O) groups excluding carboxylic acids is 1. The standard InChI is InChI=1S/C22H19ClFN3O/c1-22(2)9-17-20(18(28)10-22)21(19-13(23)4-3-5-14(19)24)27-16-8-12(11-25)6-7-15(16)26-17/h3-8,21,26-27H,9-10H2,1-2H3. The molecule has 28 heavy (non-hydrogen) atoms. The zero-order chi connectivity index (χ0) is 20.1. The number of ketones is 1. The van der Waals surface area contributed by atoms with Gasteiger partial charge in [-0.05, 0) is 42.2 Å². The van der Waals surface area contributed by atoms with E-state index in [0.29, 0.717) is 29.7 Å². The monoisotopic (exact) mass is 395 g/mol. The number of rotatable bonds is 1. The highest BCUT2D eigenvalue weighted by molar-refractivity contribution is 6.31. The summed E-state index contributed by atoms with van der Waals surface area (Å²) in [6, 6.07) is 11.1. The quantitative estimate of drug-likeness (QED) is 0.662. The van der Waals surface area contributed by atoms with Crippen LogP contribution in [0.3, 0.4) is 0 Å². The first-order valence-corrected chi connectivity index (χ1v) is 9.45. The van der Waals surface area contributed by atoms with Crippen LogP contribution in [0.4, 0.5) is 15.8 Å². The van der Waals surface area contributed by atoms with E-state index >= 15 is 0 Å². The SMILES string of the molecule is CC1(C)CC(=O)C2=C(C1)Nc1ccc(C#N)cc1NC2c1c(F)cccc1Cl. The van der Waals surface area contributed by atoms with Crippen molar-refractivity contribution in [2.24, 2.45) is 5.41 Å². The second-order valence-electron chi connectivity index (χ2n) is 8.04. The van der Waals surface area contributed by atoms with Crippen LogP contribution in [-0.2, 0) is 4.79 Å². The maximum atomic E-state index is 14.8. The third-order valence-corrected chi connectivity index (χ3v) is 5.56. The summed E-state index contributed by atoms with van der Waals surface area (Å²) in [4.78, 5) is 13.1. The molecule has 0 spiro atoms. The molecule has 0 saturated heterocycles. The van der Waals surface area contributed by atoms with Crippen molar-refractivity contribution >= 4 is 28.8 Å². The molecule has 0 aromatic heterocycles. The first-order chi connectivity index (χ1) is 13.3. The number of nitriles is 1. The van der Waals surface area contributed by atoms with Crippen LogP contribution in [0.2, 0.25) is 5.02 Å². The maximum Gasteiger partial charge on any atom is 0.163 e. The van der Waals surface area contributed by atoms with Crippen LogP contribution in [0.5, 0.6) is 0 Å². The normalized spacial score (nSPS) is 20.2. The minimum Gasteiger partial charge on any atom is -0.372 e. The molecule has 1 heterocycles. The summed E-state index contributed by atoms with van der Waals surface area (Å²) in [7, 11) is 0. The molecule has 4 rings (SSSR count). The number of nitrogens with zero attached hydrogens (tertiary/aromatic N) is 1. The lowest BCUT2D eigenvalue weighted by atomic mass is 9.73. The van der Waals surface area contributed by atoms with Crippen molar-refractivity contribution in [1.82, 2.24) is 0 Å². The molecule has 0 radical (unpaired) electrons. The first-order valence-electron chi connectivity index (χ1n) is 9.07. The molecule has 1 aliphatic heterocycles. The fourth-order valence-corrected chi connectivity index (χ4v) is 4.29. The average molecular weight is 396 g/mol. The number of carbonyl (C=O) groups is 1. The fraction of sp³-hybridized carbons (Fsp3) is 0.273. The second kappa shape index (κ2) is 6.65. The minimum absolute atomic E-state index is 0.0381. The molecule has 4 nitrogen and oxygen atoms in total. The number of Topliss-reactive ketones (excluding diaryl/α,β-unsaturated/α-hetero) is 1. The molecule has 1 aliphatic carbocycles. The Labute approximate surface area is 168 Å². The summed E-state index contributed by atoms with van der Waals surface area (Å²) in [5.41, 5.74) is 3.14. The number of fused-ring (bicyclic) bond motifs is 1. The number of hydrogen-bond donors (Lipinski definition) is 2. The van der Waals surface area contributed by atoms with Crippen LogP contribution < -0.4 is 10.6 Å². The zero-order valence-electron chi connectivity index (χ0n) is 15.6. The number of benzene rings is 2. The lowest BCUT2D eigenvalue weighted by molar-refractivity contribution is -0.118. The van der Waals surface area contributed by atoms with Gasteiger partial charge in [0.1, 0.15) is 5.82 Å². The van der Waals surface area contributed by atoms with E-state index in [1.165, 1.54) is 6.07 Å². The Bertz CT molecular complexity index is 1050.